The summed E-state index contributed by atoms with van der Waals surface area (Å²) in [5.74, 6) is -0.876. The van der Waals surface area contributed by atoms with Gasteiger partial charge in [-0.15, -0.1) is 0 Å². The quantitative estimate of drug-likeness (QED) is 0.874. The molecule has 18 heavy (non-hydrogen) atoms. The highest BCUT2D eigenvalue weighted by molar-refractivity contribution is 5.95. The van der Waals surface area contributed by atoms with E-state index in [0.29, 0.717) is 11.3 Å². The molecular formula is C14H20N2O2. The SMILES string of the molecule is Cc1cc(N2CCCCCC2)c(C(=O)O)c(C)n1. The molecule has 0 radical (unpaired) electrons. The van der Waals surface area contributed by atoms with Crippen LogP contribution >= 0.6 is 0 Å². The Hall–Kier alpha value is -1.58. The van der Waals surface area contributed by atoms with Gasteiger partial charge in [-0.25, -0.2) is 4.79 Å². The van der Waals surface area contributed by atoms with Crippen LogP contribution in [0.1, 0.15) is 47.4 Å². The Morgan fingerprint density at radius 2 is 1.83 bits per heavy atom. The van der Waals surface area contributed by atoms with Crippen molar-refractivity contribution in [1.82, 2.24) is 4.98 Å². The molecule has 0 aliphatic carbocycles. The van der Waals surface area contributed by atoms with Crippen molar-refractivity contribution in [2.24, 2.45) is 0 Å². The highest BCUT2D eigenvalue weighted by Gasteiger charge is 2.20. The Balaban J connectivity index is 2.43. The number of anilines is 1. The average Bonchev–Trinajstić information content (AvgIpc) is 2.55. The first kappa shape index (κ1) is 12.9. The van der Waals surface area contributed by atoms with Crippen LogP contribution in [-0.4, -0.2) is 29.1 Å². The maximum atomic E-state index is 11.4. The first-order chi connectivity index (χ1) is 8.59. The number of carboxylic acids is 1. The third-order valence-corrected chi connectivity index (χ3v) is 3.47. The van der Waals surface area contributed by atoms with Crippen LogP contribution in [0.5, 0.6) is 0 Å². The molecule has 1 aliphatic rings. The van der Waals surface area contributed by atoms with E-state index in [1.54, 1.807) is 6.92 Å². The zero-order valence-electron chi connectivity index (χ0n) is 11.1. The molecule has 0 bridgehead atoms. The highest BCUT2D eigenvalue weighted by Crippen LogP contribution is 2.26. The molecule has 1 saturated heterocycles. The Kier molecular flexibility index (Phi) is 3.84. The summed E-state index contributed by atoms with van der Waals surface area (Å²) >= 11 is 0. The molecule has 4 heteroatoms. The molecule has 1 aromatic heterocycles. The zero-order chi connectivity index (χ0) is 13.1. The Bertz CT molecular complexity index is 449. The van der Waals surface area contributed by atoms with Gasteiger partial charge in [-0.3, -0.25) is 4.98 Å². The molecule has 0 atom stereocenters. The minimum absolute atomic E-state index is 0.363. The Morgan fingerprint density at radius 3 is 2.39 bits per heavy atom. The molecule has 2 heterocycles. The fourth-order valence-electron chi connectivity index (χ4n) is 2.63. The molecule has 1 aromatic rings. The van der Waals surface area contributed by atoms with Crippen LogP contribution in [0.4, 0.5) is 5.69 Å². The summed E-state index contributed by atoms with van der Waals surface area (Å²) < 4.78 is 0. The van der Waals surface area contributed by atoms with Crippen molar-refractivity contribution in [2.75, 3.05) is 18.0 Å². The van der Waals surface area contributed by atoms with Gasteiger partial charge in [-0.2, -0.15) is 0 Å². The molecule has 98 valence electrons. The molecule has 0 unspecified atom stereocenters. The van der Waals surface area contributed by atoms with Gasteiger partial charge < -0.3 is 10.0 Å². The van der Waals surface area contributed by atoms with Crippen LogP contribution < -0.4 is 4.90 Å². The van der Waals surface area contributed by atoms with Crippen molar-refractivity contribution in [3.05, 3.63) is 23.0 Å². The molecule has 0 aromatic carbocycles. The Morgan fingerprint density at radius 1 is 1.22 bits per heavy atom. The van der Waals surface area contributed by atoms with E-state index < -0.39 is 5.97 Å². The normalized spacial score (nSPS) is 16.4. The second-order valence-electron chi connectivity index (χ2n) is 4.95. The first-order valence-corrected chi connectivity index (χ1v) is 6.56. The summed E-state index contributed by atoms with van der Waals surface area (Å²) in [6.07, 6.45) is 4.75. The lowest BCUT2D eigenvalue weighted by Gasteiger charge is -2.25. The topological polar surface area (TPSA) is 53.4 Å². The molecule has 1 N–H and O–H groups in total. The lowest BCUT2D eigenvalue weighted by molar-refractivity contribution is 0.0696. The maximum Gasteiger partial charge on any atom is 0.339 e. The zero-order valence-corrected chi connectivity index (χ0v) is 11.1. The fourth-order valence-corrected chi connectivity index (χ4v) is 2.63. The van der Waals surface area contributed by atoms with Crippen molar-refractivity contribution in [1.29, 1.82) is 0 Å². The molecule has 0 amide bonds. The number of aromatic nitrogens is 1. The van der Waals surface area contributed by atoms with E-state index in [1.807, 2.05) is 13.0 Å². The van der Waals surface area contributed by atoms with Gasteiger partial charge in [0.15, 0.2) is 0 Å². The monoisotopic (exact) mass is 248 g/mol. The summed E-state index contributed by atoms with van der Waals surface area (Å²) in [6, 6.07) is 1.90. The smallest absolute Gasteiger partial charge is 0.339 e. The number of hydrogen-bond donors (Lipinski definition) is 1. The van der Waals surface area contributed by atoms with E-state index in [1.165, 1.54) is 12.8 Å². The van der Waals surface area contributed by atoms with Crippen molar-refractivity contribution in [3.8, 4) is 0 Å². The lowest BCUT2D eigenvalue weighted by Crippen LogP contribution is -2.26. The van der Waals surface area contributed by atoms with Crippen LogP contribution in [0.3, 0.4) is 0 Å². The van der Waals surface area contributed by atoms with E-state index in [9.17, 15) is 9.90 Å². The predicted octanol–water partition coefficient (Wildman–Crippen LogP) is 2.78. The van der Waals surface area contributed by atoms with Gasteiger partial charge in [0.05, 0.1) is 11.4 Å². The fraction of sp³-hybridized carbons (Fsp3) is 0.571. The molecule has 2 rings (SSSR count). The third kappa shape index (κ3) is 2.63. The van der Waals surface area contributed by atoms with Crippen LogP contribution in [0.2, 0.25) is 0 Å². The average molecular weight is 248 g/mol. The van der Waals surface area contributed by atoms with Gasteiger partial charge in [0.1, 0.15) is 5.56 Å². The van der Waals surface area contributed by atoms with E-state index in [2.05, 4.69) is 9.88 Å². The second kappa shape index (κ2) is 5.38. The summed E-state index contributed by atoms with van der Waals surface area (Å²) in [5, 5.41) is 9.37. The van der Waals surface area contributed by atoms with Crippen LogP contribution in [0.25, 0.3) is 0 Å². The molecular weight excluding hydrogens is 228 g/mol. The number of aromatic carboxylic acids is 1. The second-order valence-corrected chi connectivity index (χ2v) is 4.95. The van der Waals surface area contributed by atoms with Gasteiger partial charge in [0, 0.05) is 18.8 Å². The van der Waals surface area contributed by atoms with E-state index in [-0.39, 0.29) is 0 Å². The number of aryl methyl sites for hydroxylation is 2. The molecule has 4 nitrogen and oxygen atoms in total. The summed E-state index contributed by atoms with van der Waals surface area (Å²) in [5.41, 5.74) is 2.70. The van der Waals surface area contributed by atoms with Crippen LogP contribution in [0, 0.1) is 13.8 Å². The lowest BCUT2D eigenvalue weighted by atomic mass is 10.1. The number of carbonyl (C=O) groups is 1. The maximum absolute atomic E-state index is 11.4. The molecule has 0 saturated carbocycles. The van der Waals surface area contributed by atoms with Crippen molar-refractivity contribution in [2.45, 2.75) is 39.5 Å². The van der Waals surface area contributed by atoms with Gasteiger partial charge in [-0.1, -0.05) is 12.8 Å². The number of pyridine rings is 1. The summed E-state index contributed by atoms with van der Waals surface area (Å²) in [4.78, 5) is 17.9. The summed E-state index contributed by atoms with van der Waals surface area (Å²) in [7, 11) is 0. The minimum Gasteiger partial charge on any atom is -0.478 e. The number of rotatable bonds is 2. The first-order valence-electron chi connectivity index (χ1n) is 6.56. The largest absolute Gasteiger partial charge is 0.478 e. The predicted molar refractivity (Wildman–Crippen MR) is 71.4 cm³/mol. The van der Waals surface area contributed by atoms with Crippen molar-refractivity contribution in [3.63, 3.8) is 0 Å². The summed E-state index contributed by atoms with van der Waals surface area (Å²) in [6.45, 7) is 5.59. The van der Waals surface area contributed by atoms with Gasteiger partial charge in [-0.05, 0) is 32.8 Å². The van der Waals surface area contributed by atoms with Crippen molar-refractivity contribution >= 4 is 11.7 Å². The van der Waals surface area contributed by atoms with Gasteiger partial charge >= 0.3 is 5.97 Å². The number of nitrogens with zero attached hydrogens (tertiary/aromatic N) is 2. The van der Waals surface area contributed by atoms with Crippen molar-refractivity contribution < 1.29 is 9.90 Å². The standard InChI is InChI=1S/C14H20N2O2/c1-10-9-12(13(14(17)18)11(2)15-10)16-7-5-3-4-6-8-16/h9H,3-8H2,1-2H3,(H,17,18). The van der Waals surface area contributed by atoms with Crippen LogP contribution in [0.15, 0.2) is 6.07 Å². The molecule has 1 aliphatic heterocycles. The van der Waals surface area contributed by atoms with E-state index in [0.717, 1.165) is 37.3 Å². The molecule has 0 spiro atoms. The number of hydrogen-bond acceptors (Lipinski definition) is 3. The number of carboxylic acid groups (broad SMARTS) is 1. The van der Waals surface area contributed by atoms with Gasteiger partial charge in [0.2, 0.25) is 0 Å². The van der Waals surface area contributed by atoms with E-state index >= 15 is 0 Å². The van der Waals surface area contributed by atoms with E-state index in [4.69, 9.17) is 0 Å². The molecule has 1 fully saturated rings. The van der Waals surface area contributed by atoms with Gasteiger partial charge in [0.25, 0.3) is 0 Å². The Labute approximate surface area is 108 Å². The minimum atomic E-state index is -0.876. The third-order valence-electron chi connectivity index (χ3n) is 3.47. The van der Waals surface area contributed by atoms with Crippen LogP contribution in [-0.2, 0) is 0 Å². The highest BCUT2D eigenvalue weighted by atomic mass is 16.4.